The van der Waals surface area contributed by atoms with Gasteiger partial charge in [-0.15, -0.1) is 0 Å². The van der Waals surface area contributed by atoms with Gasteiger partial charge in [-0.3, -0.25) is 0 Å². The van der Waals surface area contributed by atoms with Gasteiger partial charge in [0.1, 0.15) is 10.7 Å². The predicted molar refractivity (Wildman–Crippen MR) is 71.7 cm³/mol. The van der Waals surface area contributed by atoms with Gasteiger partial charge in [0.2, 0.25) is 0 Å². The number of alkyl halides is 1. The van der Waals surface area contributed by atoms with E-state index in [-0.39, 0.29) is 6.10 Å². The molecule has 0 aliphatic heterocycles. The summed E-state index contributed by atoms with van der Waals surface area (Å²) in [6.45, 7) is 6.77. The monoisotopic (exact) mass is 340 g/mol. The third-order valence-corrected chi connectivity index (χ3v) is 4.11. The summed E-state index contributed by atoms with van der Waals surface area (Å²) in [6, 6.07) is 0. The van der Waals surface area contributed by atoms with Crippen molar-refractivity contribution in [2.75, 3.05) is 4.61 Å². The Labute approximate surface area is 111 Å². The minimum absolute atomic E-state index is 0.0385. The number of rotatable bonds is 3. The van der Waals surface area contributed by atoms with Gasteiger partial charge < -0.3 is 9.47 Å². The average molecular weight is 340 g/mol. The maximum absolute atomic E-state index is 11.2. The van der Waals surface area contributed by atoms with Crippen LogP contribution in [0.4, 0.5) is 4.79 Å². The van der Waals surface area contributed by atoms with Crippen LogP contribution in [-0.2, 0) is 9.47 Å². The van der Waals surface area contributed by atoms with E-state index in [1.165, 1.54) is 6.42 Å². The Morgan fingerprint density at radius 1 is 1.56 bits per heavy atom. The van der Waals surface area contributed by atoms with Gasteiger partial charge in [0, 0.05) is 0 Å². The summed E-state index contributed by atoms with van der Waals surface area (Å²) < 4.78 is 10.5. The van der Waals surface area contributed by atoms with E-state index in [1.807, 2.05) is 22.6 Å². The first kappa shape index (κ1) is 14.1. The molecule has 2 atom stereocenters. The van der Waals surface area contributed by atoms with Crippen molar-refractivity contribution in [3.8, 4) is 0 Å². The van der Waals surface area contributed by atoms with Crippen molar-refractivity contribution in [1.29, 1.82) is 0 Å². The van der Waals surface area contributed by atoms with Crippen LogP contribution in [0.1, 0.15) is 46.5 Å². The van der Waals surface area contributed by atoms with Crippen LogP contribution in [0.3, 0.4) is 0 Å². The lowest BCUT2D eigenvalue weighted by atomic mass is 9.67. The first-order chi connectivity index (χ1) is 7.48. The minimum atomic E-state index is -0.521. The largest absolute Gasteiger partial charge is 0.509 e. The lowest BCUT2D eigenvalue weighted by molar-refractivity contribution is -0.0165. The number of carbonyl (C=O) groups excluding carboxylic acids is 1. The van der Waals surface area contributed by atoms with E-state index >= 15 is 0 Å². The molecule has 0 N–H and O–H groups in total. The molecule has 1 aliphatic carbocycles. The molecule has 0 bridgehead atoms. The molecule has 0 heterocycles. The Hall–Kier alpha value is 0. The van der Waals surface area contributed by atoms with Crippen molar-refractivity contribution in [2.45, 2.75) is 52.6 Å². The van der Waals surface area contributed by atoms with Crippen LogP contribution in [-0.4, -0.2) is 16.9 Å². The number of hydrogen-bond donors (Lipinski definition) is 0. The van der Waals surface area contributed by atoms with Crippen LogP contribution < -0.4 is 0 Å². The van der Waals surface area contributed by atoms with Gasteiger partial charge in [-0.25, -0.2) is 4.79 Å². The second-order valence-corrected chi connectivity index (χ2v) is 5.77. The Morgan fingerprint density at radius 2 is 2.25 bits per heavy atom. The lowest BCUT2D eigenvalue weighted by Crippen LogP contribution is -2.35. The molecule has 16 heavy (non-hydrogen) atoms. The molecule has 94 valence electrons. The fourth-order valence-corrected chi connectivity index (χ4v) is 2.55. The van der Waals surface area contributed by atoms with Gasteiger partial charge >= 0.3 is 6.16 Å². The Morgan fingerprint density at radius 3 is 2.81 bits per heavy atom. The Kier molecular flexibility index (Phi) is 5.34. The smallest absolute Gasteiger partial charge is 0.431 e. The van der Waals surface area contributed by atoms with Crippen LogP contribution in [0, 0.1) is 11.3 Å². The predicted octanol–water partition coefficient (Wildman–Crippen LogP) is 4.14. The van der Waals surface area contributed by atoms with E-state index < -0.39 is 6.16 Å². The molecule has 0 spiro atoms. The van der Waals surface area contributed by atoms with Gasteiger partial charge in [0.25, 0.3) is 0 Å². The van der Waals surface area contributed by atoms with Gasteiger partial charge in [0.15, 0.2) is 0 Å². The van der Waals surface area contributed by atoms with Crippen molar-refractivity contribution < 1.29 is 14.3 Å². The highest BCUT2D eigenvalue weighted by molar-refractivity contribution is 14.1. The zero-order valence-electron chi connectivity index (χ0n) is 10.3. The van der Waals surface area contributed by atoms with E-state index in [1.54, 1.807) is 0 Å². The van der Waals surface area contributed by atoms with E-state index in [0.29, 0.717) is 15.9 Å². The quantitative estimate of drug-likeness (QED) is 0.440. The summed E-state index contributed by atoms with van der Waals surface area (Å²) in [5.74, 6) is 0.625. The second kappa shape index (κ2) is 6.07. The highest BCUT2D eigenvalue weighted by Gasteiger charge is 2.36. The fourth-order valence-electron chi connectivity index (χ4n) is 2.30. The molecule has 1 fully saturated rings. The molecule has 1 unspecified atom stereocenters. The highest BCUT2D eigenvalue weighted by atomic mass is 127. The molecule has 1 saturated carbocycles. The van der Waals surface area contributed by atoms with Gasteiger partial charge in [-0.2, -0.15) is 0 Å². The molecular formula is C12H21IO3. The molecule has 0 aromatic heterocycles. The summed E-state index contributed by atoms with van der Waals surface area (Å²) in [4.78, 5) is 11.2. The van der Waals surface area contributed by atoms with Crippen LogP contribution in [0.2, 0.25) is 0 Å². The third-order valence-electron chi connectivity index (χ3n) is 3.80. The van der Waals surface area contributed by atoms with Crippen molar-refractivity contribution in [1.82, 2.24) is 0 Å². The topological polar surface area (TPSA) is 35.5 Å². The fraction of sp³-hybridized carbons (Fsp3) is 0.917. The van der Waals surface area contributed by atoms with Crippen LogP contribution in [0.5, 0.6) is 0 Å². The number of halogens is 1. The summed E-state index contributed by atoms with van der Waals surface area (Å²) in [7, 11) is 0. The molecule has 0 radical (unpaired) electrons. The summed E-state index contributed by atoms with van der Waals surface area (Å²) >= 11 is 1.99. The van der Waals surface area contributed by atoms with E-state index in [9.17, 15) is 4.79 Å². The standard InChI is InChI=1S/C12H21IO3/c1-9(2)12(3)6-4-5-10(7-12)16-11(14)15-8-13/h9-10H,4-8H2,1-3H3/t10?,12-/m1/s1. The number of carbonyl (C=O) groups is 1. The first-order valence-electron chi connectivity index (χ1n) is 5.87. The van der Waals surface area contributed by atoms with Crippen molar-refractivity contribution in [2.24, 2.45) is 11.3 Å². The minimum Gasteiger partial charge on any atom is -0.431 e. The number of ether oxygens (including phenoxy) is 2. The first-order valence-corrected chi connectivity index (χ1v) is 7.40. The van der Waals surface area contributed by atoms with Gasteiger partial charge in [-0.1, -0.05) is 20.8 Å². The van der Waals surface area contributed by atoms with E-state index in [0.717, 1.165) is 19.3 Å². The van der Waals surface area contributed by atoms with Gasteiger partial charge in [0.05, 0.1) is 0 Å². The molecule has 1 aliphatic rings. The normalized spacial score (nSPS) is 30.2. The van der Waals surface area contributed by atoms with Crippen LogP contribution >= 0.6 is 22.6 Å². The molecule has 1 rings (SSSR count). The highest BCUT2D eigenvalue weighted by Crippen LogP contribution is 2.42. The summed E-state index contributed by atoms with van der Waals surface area (Å²) in [6.07, 6.45) is 3.81. The lowest BCUT2D eigenvalue weighted by Gasteiger charge is -2.40. The maximum atomic E-state index is 11.2. The Balaban J connectivity index is 2.47. The molecule has 3 nitrogen and oxygen atoms in total. The zero-order valence-corrected chi connectivity index (χ0v) is 12.5. The van der Waals surface area contributed by atoms with E-state index in [4.69, 9.17) is 9.47 Å². The molecule has 0 amide bonds. The van der Waals surface area contributed by atoms with Crippen molar-refractivity contribution >= 4 is 28.7 Å². The van der Waals surface area contributed by atoms with E-state index in [2.05, 4.69) is 20.8 Å². The SMILES string of the molecule is CC(C)[C@]1(C)CCCC(OC(=O)OCI)C1. The van der Waals surface area contributed by atoms with Gasteiger partial charge in [-0.05, 0) is 59.6 Å². The third kappa shape index (κ3) is 3.79. The van der Waals surface area contributed by atoms with Crippen molar-refractivity contribution in [3.05, 3.63) is 0 Å². The molecular weight excluding hydrogens is 319 g/mol. The van der Waals surface area contributed by atoms with Crippen LogP contribution in [0.25, 0.3) is 0 Å². The average Bonchev–Trinajstić information content (AvgIpc) is 2.17. The Bertz CT molecular complexity index is 242. The second-order valence-electron chi connectivity index (χ2n) is 5.15. The molecule has 0 aromatic rings. The maximum Gasteiger partial charge on any atom is 0.509 e. The van der Waals surface area contributed by atoms with Crippen LogP contribution in [0.15, 0.2) is 0 Å². The molecule has 0 saturated heterocycles. The summed E-state index contributed by atoms with van der Waals surface area (Å²) in [5.41, 5.74) is 0.299. The zero-order chi connectivity index (χ0) is 12.2. The van der Waals surface area contributed by atoms with Crippen molar-refractivity contribution in [3.63, 3.8) is 0 Å². The molecule has 0 aromatic carbocycles. The summed E-state index contributed by atoms with van der Waals surface area (Å²) in [5, 5.41) is 0. The number of hydrogen-bond acceptors (Lipinski definition) is 3. The molecule has 4 heteroatoms.